The number of hydrogen-bond acceptors (Lipinski definition) is 5. The van der Waals surface area contributed by atoms with Gasteiger partial charge in [0.15, 0.2) is 5.78 Å². The van der Waals surface area contributed by atoms with Gasteiger partial charge in [-0.05, 0) is 37.6 Å². The number of morpholine rings is 1. The number of rotatable bonds is 7. The maximum absolute atomic E-state index is 13.0. The quantitative estimate of drug-likeness (QED) is 0.778. The summed E-state index contributed by atoms with van der Waals surface area (Å²) in [4.78, 5) is 15.2. The smallest absolute Gasteiger partial charge is 0.182 e. The van der Waals surface area contributed by atoms with Crippen molar-refractivity contribution in [2.24, 2.45) is 0 Å². The van der Waals surface area contributed by atoms with Crippen molar-refractivity contribution in [3.8, 4) is 5.75 Å². The molecule has 1 aliphatic rings. The van der Waals surface area contributed by atoms with E-state index in [9.17, 15) is 4.79 Å². The maximum atomic E-state index is 13.0. The van der Waals surface area contributed by atoms with Gasteiger partial charge in [0.1, 0.15) is 12.4 Å². The van der Waals surface area contributed by atoms with Crippen molar-refractivity contribution in [2.75, 3.05) is 39.5 Å². The summed E-state index contributed by atoms with van der Waals surface area (Å²) < 4.78 is 10.7. The van der Waals surface area contributed by atoms with Crippen LogP contribution in [0.1, 0.15) is 30.6 Å². The van der Waals surface area contributed by atoms with Crippen molar-refractivity contribution in [3.63, 3.8) is 0 Å². The van der Waals surface area contributed by atoms with E-state index in [1.165, 1.54) is 0 Å². The zero-order valence-electron chi connectivity index (χ0n) is 13.4. The van der Waals surface area contributed by atoms with E-state index in [0.717, 1.165) is 19.5 Å². The Kier molecular flexibility index (Phi) is 5.94. The third-order valence-corrected chi connectivity index (χ3v) is 4.36. The van der Waals surface area contributed by atoms with Gasteiger partial charge in [-0.25, -0.2) is 0 Å². The lowest BCUT2D eigenvalue weighted by Crippen LogP contribution is -2.56. The van der Waals surface area contributed by atoms with Crippen molar-refractivity contribution >= 4 is 5.78 Å². The fourth-order valence-electron chi connectivity index (χ4n) is 2.76. The molecular formula is C17H25NO4. The average Bonchev–Trinajstić information content (AvgIpc) is 2.59. The van der Waals surface area contributed by atoms with Gasteiger partial charge in [-0.1, -0.05) is 6.92 Å². The monoisotopic (exact) mass is 307 g/mol. The third kappa shape index (κ3) is 3.66. The molecule has 0 aromatic heterocycles. The van der Waals surface area contributed by atoms with Gasteiger partial charge in [0.2, 0.25) is 0 Å². The van der Waals surface area contributed by atoms with E-state index in [2.05, 4.69) is 4.90 Å². The Morgan fingerprint density at radius 1 is 1.32 bits per heavy atom. The molecule has 1 heterocycles. The molecule has 1 aromatic carbocycles. The lowest BCUT2D eigenvalue weighted by molar-refractivity contribution is -0.0106. The molecule has 22 heavy (non-hydrogen) atoms. The summed E-state index contributed by atoms with van der Waals surface area (Å²) in [5.41, 5.74) is 0.184. The van der Waals surface area contributed by atoms with E-state index in [-0.39, 0.29) is 19.0 Å². The molecule has 0 bridgehead atoms. The van der Waals surface area contributed by atoms with Crippen molar-refractivity contribution in [3.05, 3.63) is 29.8 Å². The summed E-state index contributed by atoms with van der Waals surface area (Å²) in [6.45, 7) is 7.22. The fourth-order valence-corrected chi connectivity index (χ4v) is 2.76. The highest BCUT2D eigenvalue weighted by Gasteiger charge is 2.38. The van der Waals surface area contributed by atoms with Gasteiger partial charge in [0.25, 0.3) is 0 Å². The molecule has 5 heteroatoms. The van der Waals surface area contributed by atoms with Crippen LogP contribution in [0.3, 0.4) is 0 Å². The van der Waals surface area contributed by atoms with Crippen molar-refractivity contribution in [2.45, 2.75) is 25.8 Å². The van der Waals surface area contributed by atoms with E-state index >= 15 is 0 Å². The molecule has 0 saturated carbocycles. The van der Waals surface area contributed by atoms with Crippen LogP contribution in [0.25, 0.3) is 0 Å². The Morgan fingerprint density at radius 3 is 2.50 bits per heavy atom. The molecule has 5 nitrogen and oxygen atoms in total. The molecule has 1 saturated heterocycles. The standard InChI is InChI=1S/C17H25NO4/c1-3-17(2,18-8-11-21-12-9-18)16(20)14-4-6-15(7-5-14)22-13-10-19/h4-7,19H,3,8-13H2,1-2H3. The van der Waals surface area contributed by atoms with E-state index in [1.807, 2.05) is 13.8 Å². The van der Waals surface area contributed by atoms with Crippen LogP contribution in [0, 0.1) is 0 Å². The maximum Gasteiger partial charge on any atom is 0.182 e. The molecular weight excluding hydrogens is 282 g/mol. The highest BCUT2D eigenvalue weighted by Crippen LogP contribution is 2.26. The first-order chi connectivity index (χ1) is 10.6. The summed E-state index contributed by atoms with van der Waals surface area (Å²) in [5, 5.41) is 8.76. The topological polar surface area (TPSA) is 59.0 Å². The molecule has 1 atom stereocenters. The van der Waals surface area contributed by atoms with Crippen LogP contribution in [0.15, 0.2) is 24.3 Å². The first-order valence-corrected chi connectivity index (χ1v) is 7.83. The minimum Gasteiger partial charge on any atom is -0.491 e. The summed E-state index contributed by atoms with van der Waals surface area (Å²) in [6, 6.07) is 7.14. The first-order valence-electron chi connectivity index (χ1n) is 7.83. The molecule has 1 aromatic rings. The van der Waals surface area contributed by atoms with E-state index in [1.54, 1.807) is 24.3 Å². The van der Waals surface area contributed by atoms with Gasteiger partial charge in [0, 0.05) is 18.7 Å². The third-order valence-electron chi connectivity index (χ3n) is 4.36. The minimum atomic E-state index is -0.503. The molecule has 0 spiro atoms. The zero-order valence-corrected chi connectivity index (χ0v) is 13.4. The molecule has 0 amide bonds. The highest BCUT2D eigenvalue weighted by molar-refractivity contribution is 6.03. The largest absolute Gasteiger partial charge is 0.491 e. The Morgan fingerprint density at radius 2 is 1.95 bits per heavy atom. The van der Waals surface area contributed by atoms with Crippen LogP contribution < -0.4 is 4.74 Å². The number of aliphatic hydroxyl groups excluding tert-OH is 1. The van der Waals surface area contributed by atoms with Crippen molar-refractivity contribution in [1.29, 1.82) is 0 Å². The van der Waals surface area contributed by atoms with Gasteiger partial charge in [-0.3, -0.25) is 9.69 Å². The van der Waals surface area contributed by atoms with Crippen LogP contribution >= 0.6 is 0 Å². The molecule has 2 rings (SSSR count). The Hall–Kier alpha value is -1.43. The number of hydrogen-bond donors (Lipinski definition) is 1. The summed E-state index contributed by atoms with van der Waals surface area (Å²) in [6.07, 6.45) is 0.759. The fraction of sp³-hybridized carbons (Fsp3) is 0.588. The average molecular weight is 307 g/mol. The van der Waals surface area contributed by atoms with Gasteiger partial charge in [-0.2, -0.15) is 0 Å². The summed E-state index contributed by atoms with van der Waals surface area (Å²) >= 11 is 0. The first kappa shape index (κ1) is 16.9. The van der Waals surface area contributed by atoms with Crippen LogP contribution in [0.5, 0.6) is 5.75 Å². The Bertz CT molecular complexity index is 482. The normalized spacial score (nSPS) is 18.7. The molecule has 0 radical (unpaired) electrons. The summed E-state index contributed by atoms with van der Waals surface area (Å²) in [5.74, 6) is 0.792. The zero-order chi connectivity index (χ0) is 16.0. The number of ether oxygens (including phenoxy) is 2. The second-order valence-corrected chi connectivity index (χ2v) is 5.65. The van der Waals surface area contributed by atoms with E-state index in [4.69, 9.17) is 14.6 Å². The van der Waals surface area contributed by atoms with Gasteiger partial charge < -0.3 is 14.6 Å². The highest BCUT2D eigenvalue weighted by atomic mass is 16.5. The van der Waals surface area contributed by atoms with Crippen molar-refractivity contribution < 1.29 is 19.4 Å². The number of benzene rings is 1. The minimum absolute atomic E-state index is 0.0222. The Balaban J connectivity index is 2.13. The molecule has 1 fully saturated rings. The predicted molar refractivity (Wildman–Crippen MR) is 84.4 cm³/mol. The van der Waals surface area contributed by atoms with Crippen molar-refractivity contribution in [1.82, 2.24) is 4.90 Å². The van der Waals surface area contributed by atoms with Gasteiger partial charge in [-0.15, -0.1) is 0 Å². The molecule has 1 unspecified atom stereocenters. The molecule has 1 N–H and O–H groups in total. The number of carbonyl (C=O) groups is 1. The lowest BCUT2D eigenvalue weighted by Gasteiger charge is -2.41. The SMILES string of the molecule is CCC(C)(C(=O)c1ccc(OCCO)cc1)N1CCOCC1. The van der Waals surface area contributed by atoms with Gasteiger partial charge >= 0.3 is 0 Å². The molecule has 1 aliphatic heterocycles. The van der Waals surface area contributed by atoms with Crippen LogP contribution in [0.4, 0.5) is 0 Å². The van der Waals surface area contributed by atoms with Crippen LogP contribution in [-0.2, 0) is 4.74 Å². The molecule has 122 valence electrons. The molecule has 0 aliphatic carbocycles. The number of carbonyl (C=O) groups excluding carboxylic acids is 1. The second kappa shape index (κ2) is 7.72. The Labute approximate surface area is 131 Å². The van der Waals surface area contributed by atoms with E-state index < -0.39 is 5.54 Å². The summed E-state index contributed by atoms with van der Waals surface area (Å²) in [7, 11) is 0. The number of nitrogens with zero attached hydrogens (tertiary/aromatic N) is 1. The van der Waals surface area contributed by atoms with Crippen LogP contribution in [-0.4, -0.2) is 60.8 Å². The lowest BCUT2D eigenvalue weighted by atomic mass is 9.86. The predicted octanol–water partition coefficient (Wildman–Crippen LogP) is 1.74. The van der Waals surface area contributed by atoms with E-state index in [0.29, 0.717) is 24.5 Å². The van der Waals surface area contributed by atoms with Crippen LogP contribution in [0.2, 0.25) is 0 Å². The number of Topliss-reactive ketones (excluding diaryl/α,β-unsaturated/α-hetero) is 1. The second-order valence-electron chi connectivity index (χ2n) is 5.65. The number of aliphatic hydroxyl groups is 1. The van der Waals surface area contributed by atoms with Gasteiger partial charge in [0.05, 0.1) is 25.4 Å². The number of ketones is 1.